The molecule has 0 amide bonds. The molecule has 166 valence electrons. The highest BCUT2D eigenvalue weighted by Crippen LogP contribution is 2.30. The van der Waals surface area contributed by atoms with Crippen molar-refractivity contribution in [3.63, 3.8) is 0 Å². The lowest BCUT2D eigenvalue weighted by Crippen LogP contribution is -2.33. The van der Waals surface area contributed by atoms with Crippen LogP contribution in [0.1, 0.15) is 71.1 Å². The number of hydrogen-bond donors (Lipinski definition) is 2. The summed E-state index contributed by atoms with van der Waals surface area (Å²) in [6.45, 7) is 14.9. The van der Waals surface area contributed by atoms with Crippen molar-refractivity contribution in [3.8, 4) is 0 Å². The summed E-state index contributed by atoms with van der Waals surface area (Å²) in [5.74, 6) is 1.42. The minimum Gasteiger partial charge on any atom is -0.475 e. The van der Waals surface area contributed by atoms with Gasteiger partial charge in [-0.25, -0.2) is 0 Å². The van der Waals surface area contributed by atoms with Gasteiger partial charge in [0.15, 0.2) is 0 Å². The fourth-order valence-electron chi connectivity index (χ4n) is 3.61. The molecule has 0 saturated carbocycles. The van der Waals surface area contributed by atoms with E-state index in [9.17, 15) is 5.11 Å². The summed E-state index contributed by atoms with van der Waals surface area (Å²) >= 11 is 1.92. The Bertz CT molecular complexity index is 603. The first-order valence-corrected chi connectivity index (χ1v) is 12.2. The number of aryl methyl sites for hydroxylation is 2. The van der Waals surface area contributed by atoms with Gasteiger partial charge in [0.2, 0.25) is 5.88 Å². The van der Waals surface area contributed by atoms with Gasteiger partial charge in [0.25, 0.3) is 0 Å². The SMILES string of the molecule is CCCN(CCC)/C(=C(/N)OC[C@@H](C)O)C(C)SCc1c(CC)cccc1CC. The van der Waals surface area contributed by atoms with Crippen LogP contribution in [-0.2, 0) is 23.3 Å². The number of ether oxygens (including phenoxy) is 1. The highest BCUT2D eigenvalue weighted by molar-refractivity contribution is 7.99. The van der Waals surface area contributed by atoms with Gasteiger partial charge < -0.3 is 20.5 Å². The number of rotatable bonds is 14. The number of hydrogen-bond acceptors (Lipinski definition) is 5. The van der Waals surface area contributed by atoms with Crippen LogP contribution in [0.15, 0.2) is 29.8 Å². The lowest BCUT2D eigenvalue weighted by atomic mass is 9.99. The van der Waals surface area contributed by atoms with Crippen LogP contribution in [0.5, 0.6) is 0 Å². The van der Waals surface area contributed by atoms with Crippen LogP contribution < -0.4 is 5.73 Å². The molecule has 2 atom stereocenters. The number of benzene rings is 1. The molecule has 1 rings (SSSR count). The number of thioether (sulfide) groups is 1. The van der Waals surface area contributed by atoms with E-state index in [2.05, 4.69) is 57.7 Å². The Morgan fingerprint density at radius 1 is 1.07 bits per heavy atom. The average molecular weight is 423 g/mol. The first-order chi connectivity index (χ1) is 13.9. The second kappa shape index (κ2) is 13.8. The van der Waals surface area contributed by atoms with E-state index in [0.717, 1.165) is 50.2 Å². The second-order valence-electron chi connectivity index (χ2n) is 7.61. The first kappa shape index (κ1) is 25.7. The molecule has 1 unspecified atom stereocenters. The number of nitrogens with two attached hydrogens (primary N) is 1. The quantitative estimate of drug-likeness (QED) is 0.409. The van der Waals surface area contributed by atoms with Gasteiger partial charge >= 0.3 is 0 Å². The Morgan fingerprint density at radius 2 is 1.62 bits per heavy atom. The third-order valence-electron chi connectivity index (χ3n) is 5.05. The van der Waals surface area contributed by atoms with Gasteiger partial charge in [-0.3, -0.25) is 0 Å². The van der Waals surface area contributed by atoms with E-state index in [1.807, 2.05) is 11.8 Å². The molecule has 1 aromatic rings. The predicted octanol–water partition coefficient (Wildman–Crippen LogP) is 5.08. The van der Waals surface area contributed by atoms with Crippen molar-refractivity contribution in [1.82, 2.24) is 4.90 Å². The Kier molecular flexibility index (Phi) is 12.2. The molecule has 1 aromatic carbocycles. The minimum absolute atomic E-state index is 0.205. The summed E-state index contributed by atoms with van der Waals surface area (Å²) < 4.78 is 5.75. The topological polar surface area (TPSA) is 58.7 Å². The van der Waals surface area contributed by atoms with Crippen molar-refractivity contribution in [2.24, 2.45) is 5.73 Å². The van der Waals surface area contributed by atoms with E-state index in [1.165, 1.54) is 16.7 Å². The molecule has 0 aliphatic carbocycles. The molecule has 3 N–H and O–H groups in total. The van der Waals surface area contributed by atoms with E-state index in [-0.39, 0.29) is 11.9 Å². The lowest BCUT2D eigenvalue weighted by molar-refractivity contribution is 0.0775. The molecule has 29 heavy (non-hydrogen) atoms. The highest BCUT2D eigenvalue weighted by Gasteiger charge is 2.22. The van der Waals surface area contributed by atoms with E-state index in [0.29, 0.717) is 5.88 Å². The fraction of sp³-hybridized carbons (Fsp3) is 0.667. The monoisotopic (exact) mass is 422 g/mol. The van der Waals surface area contributed by atoms with Crippen LogP contribution in [-0.4, -0.2) is 41.1 Å². The highest BCUT2D eigenvalue weighted by atomic mass is 32.2. The summed E-state index contributed by atoms with van der Waals surface area (Å²) in [7, 11) is 0. The van der Waals surface area contributed by atoms with E-state index in [4.69, 9.17) is 10.5 Å². The Labute approximate surface area is 182 Å². The smallest absolute Gasteiger partial charge is 0.205 e. The first-order valence-electron chi connectivity index (χ1n) is 11.2. The van der Waals surface area contributed by atoms with Gasteiger partial charge in [-0.05, 0) is 56.2 Å². The zero-order valence-corrected chi connectivity index (χ0v) is 20.1. The molecular weight excluding hydrogens is 380 g/mol. The molecule has 4 nitrogen and oxygen atoms in total. The summed E-state index contributed by atoms with van der Waals surface area (Å²) in [5.41, 5.74) is 11.8. The van der Waals surface area contributed by atoms with Crippen LogP contribution in [0.4, 0.5) is 0 Å². The molecular formula is C24H42N2O2S. The van der Waals surface area contributed by atoms with Crippen molar-refractivity contribution in [3.05, 3.63) is 46.5 Å². The Morgan fingerprint density at radius 3 is 2.07 bits per heavy atom. The fourth-order valence-corrected chi connectivity index (χ4v) is 4.82. The zero-order chi connectivity index (χ0) is 21.8. The summed E-state index contributed by atoms with van der Waals surface area (Å²) in [4.78, 5) is 2.36. The molecule has 0 fully saturated rings. The maximum absolute atomic E-state index is 9.61. The van der Waals surface area contributed by atoms with Gasteiger partial charge in [0, 0.05) is 24.1 Å². The number of aliphatic hydroxyl groups is 1. The predicted molar refractivity (Wildman–Crippen MR) is 127 cm³/mol. The summed E-state index contributed by atoms with van der Waals surface area (Å²) in [6.07, 6.45) is 3.69. The van der Waals surface area contributed by atoms with Crippen molar-refractivity contribution in [2.45, 2.75) is 84.3 Å². The van der Waals surface area contributed by atoms with Crippen molar-refractivity contribution < 1.29 is 9.84 Å². The zero-order valence-electron chi connectivity index (χ0n) is 19.3. The molecule has 0 aromatic heterocycles. The largest absolute Gasteiger partial charge is 0.475 e. The van der Waals surface area contributed by atoms with Crippen LogP contribution in [0, 0.1) is 0 Å². The Balaban J connectivity index is 3.11. The molecule has 0 saturated heterocycles. The van der Waals surface area contributed by atoms with Crippen LogP contribution in [0.25, 0.3) is 0 Å². The van der Waals surface area contributed by atoms with E-state index >= 15 is 0 Å². The van der Waals surface area contributed by atoms with E-state index < -0.39 is 6.10 Å². The van der Waals surface area contributed by atoms with Crippen LogP contribution in [0.3, 0.4) is 0 Å². The molecule has 0 aliphatic heterocycles. The van der Waals surface area contributed by atoms with Crippen molar-refractivity contribution in [2.75, 3.05) is 19.7 Å². The van der Waals surface area contributed by atoms with Crippen molar-refractivity contribution >= 4 is 11.8 Å². The molecule has 0 bridgehead atoms. The maximum atomic E-state index is 9.61. The molecule has 5 heteroatoms. The summed E-state index contributed by atoms with van der Waals surface area (Å²) in [6, 6.07) is 6.67. The lowest BCUT2D eigenvalue weighted by Gasteiger charge is -2.32. The maximum Gasteiger partial charge on any atom is 0.205 e. The number of nitrogens with zero attached hydrogens (tertiary/aromatic N) is 1. The molecule has 0 aliphatic rings. The normalized spacial score (nSPS) is 14.3. The third-order valence-corrected chi connectivity index (χ3v) is 6.23. The van der Waals surface area contributed by atoms with Crippen molar-refractivity contribution in [1.29, 1.82) is 0 Å². The average Bonchev–Trinajstić information content (AvgIpc) is 2.70. The minimum atomic E-state index is -0.535. The van der Waals surface area contributed by atoms with Gasteiger partial charge in [-0.1, -0.05) is 45.9 Å². The van der Waals surface area contributed by atoms with Gasteiger partial charge in [-0.2, -0.15) is 0 Å². The molecule has 0 radical (unpaired) electrons. The summed E-state index contributed by atoms with van der Waals surface area (Å²) in [5, 5.41) is 9.82. The van der Waals surface area contributed by atoms with Crippen LogP contribution >= 0.6 is 11.8 Å². The Hall–Kier alpha value is -1.33. The number of aliphatic hydroxyl groups excluding tert-OH is 1. The molecule has 0 spiro atoms. The standard InChI is InChI=1S/C24H42N2O2S/c1-7-14-26(15-8-2)23(24(25)28-16-18(5)27)19(6)29-17-22-20(9-3)12-11-13-21(22)10-4/h11-13,18-19,27H,7-10,14-17,25H2,1-6H3/b24-23-/t18-,19?/m1/s1. The van der Waals surface area contributed by atoms with Gasteiger partial charge in [0.05, 0.1) is 11.8 Å². The van der Waals surface area contributed by atoms with Gasteiger partial charge in [0.1, 0.15) is 6.61 Å². The second-order valence-corrected chi connectivity index (χ2v) is 8.94. The molecule has 0 heterocycles. The van der Waals surface area contributed by atoms with Gasteiger partial charge in [-0.15, -0.1) is 11.8 Å². The van der Waals surface area contributed by atoms with Crippen LogP contribution in [0.2, 0.25) is 0 Å². The van der Waals surface area contributed by atoms with E-state index in [1.54, 1.807) is 6.92 Å². The third kappa shape index (κ3) is 8.13.